The Morgan fingerprint density at radius 1 is 1.41 bits per heavy atom. The average Bonchev–Trinajstić information content (AvgIpc) is 2.36. The topological polar surface area (TPSA) is 74.2 Å². The molecular weight excluding hydrogens is 218 g/mol. The molecule has 2 N–H and O–H groups in total. The summed E-state index contributed by atoms with van der Waals surface area (Å²) in [6, 6.07) is 8.74. The molecular formula is C12H15N3O2. The first-order chi connectivity index (χ1) is 8.26. The van der Waals surface area contributed by atoms with Gasteiger partial charge in [-0.25, -0.2) is 0 Å². The molecule has 0 bridgehead atoms. The standard InChI is InChI=1S/C12H15N3O2/c1-17-7-6-14-9-12(16)15-11-4-2-10(8-13)3-5-11/h2-5,14H,6-7,9H2,1H3,(H,15,16). The van der Waals surface area contributed by atoms with E-state index in [1.54, 1.807) is 31.4 Å². The average molecular weight is 233 g/mol. The molecule has 5 nitrogen and oxygen atoms in total. The number of anilines is 1. The van der Waals surface area contributed by atoms with Crippen LogP contribution in [0.1, 0.15) is 5.56 Å². The lowest BCUT2D eigenvalue weighted by atomic mass is 10.2. The van der Waals surface area contributed by atoms with Gasteiger partial charge in [0.1, 0.15) is 0 Å². The summed E-state index contributed by atoms with van der Waals surface area (Å²) in [6.07, 6.45) is 0. The number of rotatable bonds is 6. The van der Waals surface area contributed by atoms with E-state index < -0.39 is 0 Å². The van der Waals surface area contributed by atoms with Gasteiger partial charge in [0.05, 0.1) is 24.8 Å². The normalized spacial score (nSPS) is 9.65. The minimum atomic E-state index is -0.120. The Bertz CT molecular complexity index is 395. The van der Waals surface area contributed by atoms with Gasteiger partial charge in [0.2, 0.25) is 5.91 Å². The molecule has 0 aliphatic heterocycles. The van der Waals surface area contributed by atoms with Crippen molar-refractivity contribution in [1.82, 2.24) is 5.32 Å². The molecule has 1 amide bonds. The summed E-state index contributed by atoms with van der Waals surface area (Å²) >= 11 is 0. The number of ether oxygens (including phenoxy) is 1. The van der Waals surface area contributed by atoms with Crippen molar-refractivity contribution in [1.29, 1.82) is 5.26 Å². The van der Waals surface area contributed by atoms with E-state index >= 15 is 0 Å². The Labute approximate surface area is 100 Å². The van der Waals surface area contributed by atoms with Crippen LogP contribution in [0.5, 0.6) is 0 Å². The molecule has 0 spiro atoms. The van der Waals surface area contributed by atoms with Gasteiger partial charge in [0.25, 0.3) is 0 Å². The van der Waals surface area contributed by atoms with Crippen LogP contribution in [0, 0.1) is 11.3 Å². The molecule has 0 aliphatic rings. The van der Waals surface area contributed by atoms with Gasteiger partial charge in [0.15, 0.2) is 0 Å². The van der Waals surface area contributed by atoms with Crippen molar-refractivity contribution in [2.45, 2.75) is 0 Å². The number of amides is 1. The quantitative estimate of drug-likeness (QED) is 0.710. The third-order valence-corrected chi connectivity index (χ3v) is 2.07. The Kier molecular flexibility index (Phi) is 5.72. The molecule has 1 aromatic carbocycles. The molecule has 0 fully saturated rings. The first-order valence-electron chi connectivity index (χ1n) is 5.26. The number of carbonyl (C=O) groups is 1. The zero-order valence-corrected chi connectivity index (χ0v) is 9.69. The van der Waals surface area contributed by atoms with E-state index in [-0.39, 0.29) is 12.5 Å². The molecule has 0 radical (unpaired) electrons. The smallest absolute Gasteiger partial charge is 0.238 e. The van der Waals surface area contributed by atoms with Crippen molar-refractivity contribution in [2.75, 3.05) is 32.1 Å². The van der Waals surface area contributed by atoms with Gasteiger partial charge in [-0.2, -0.15) is 5.26 Å². The number of nitrogens with one attached hydrogen (secondary N) is 2. The van der Waals surface area contributed by atoms with Gasteiger partial charge in [-0.1, -0.05) is 0 Å². The molecule has 0 aliphatic carbocycles. The van der Waals surface area contributed by atoms with Crippen molar-refractivity contribution in [3.8, 4) is 6.07 Å². The van der Waals surface area contributed by atoms with E-state index in [0.29, 0.717) is 24.4 Å². The highest BCUT2D eigenvalue weighted by atomic mass is 16.5. The second-order valence-corrected chi connectivity index (χ2v) is 3.41. The van der Waals surface area contributed by atoms with E-state index in [1.165, 1.54) is 0 Å². The van der Waals surface area contributed by atoms with E-state index in [0.717, 1.165) is 0 Å². The van der Waals surface area contributed by atoms with E-state index in [9.17, 15) is 4.79 Å². The van der Waals surface area contributed by atoms with Crippen molar-refractivity contribution in [2.24, 2.45) is 0 Å². The number of nitriles is 1. The maximum atomic E-state index is 11.5. The maximum Gasteiger partial charge on any atom is 0.238 e. The third kappa shape index (κ3) is 5.11. The molecule has 5 heteroatoms. The number of benzene rings is 1. The molecule has 0 unspecified atom stereocenters. The van der Waals surface area contributed by atoms with Crippen LogP contribution in [0.3, 0.4) is 0 Å². The predicted molar refractivity (Wildman–Crippen MR) is 64.5 cm³/mol. The minimum Gasteiger partial charge on any atom is -0.383 e. The highest BCUT2D eigenvalue weighted by Gasteiger charge is 2.01. The maximum absolute atomic E-state index is 11.5. The molecule has 90 valence electrons. The summed E-state index contributed by atoms with van der Waals surface area (Å²) in [5, 5.41) is 14.3. The van der Waals surface area contributed by atoms with Crippen molar-refractivity contribution in [3.63, 3.8) is 0 Å². The second-order valence-electron chi connectivity index (χ2n) is 3.41. The first-order valence-corrected chi connectivity index (χ1v) is 5.26. The number of hydrogen-bond acceptors (Lipinski definition) is 4. The third-order valence-electron chi connectivity index (χ3n) is 2.07. The minimum absolute atomic E-state index is 0.120. The van der Waals surface area contributed by atoms with Gasteiger partial charge in [-0.05, 0) is 24.3 Å². The van der Waals surface area contributed by atoms with Crippen LogP contribution in [0.25, 0.3) is 0 Å². The largest absolute Gasteiger partial charge is 0.383 e. The van der Waals surface area contributed by atoms with Crippen LogP contribution < -0.4 is 10.6 Å². The molecule has 1 rings (SSSR count). The Balaban J connectivity index is 2.32. The predicted octanol–water partition coefficient (Wildman–Crippen LogP) is 0.733. The van der Waals surface area contributed by atoms with Gasteiger partial charge in [-0.3, -0.25) is 4.79 Å². The zero-order chi connectivity index (χ0) is 12.5. The van der Waals surface area contributed by atoms with Crippen LogP contribution in [0.4, 0.5) is 5.69 Å². The molecule has 1 aromatic rings. The summed E-state index contributed by atoms with van der Waals surface area (Å²) in [5.74, 6) is -0.120. The van der Waals surface area contributed by atoms with Gasteiger partial charge < -0.3 is 15.4 Å². The van der Waals surface area contributed by atoms with Crippen LogP contribution in [-0.4, -0.2) is 32.7 Å². The molecule has 17 heavy (non-hydrogen) atoms. The van der Waals surface area contributed by atoms with E-state index in [2.05, 4.69) is 10.6 Å². The summed E-state index contributed by atoms with van der Waals surface area (Å²) < 4.78 is 4.84. The van der Waals surface area contributed by atoms with Gasteiger partial charge >= 0.3 is 0 Å². The fourth-order valence-corrected chi connectivity index (χ4v) is 1.21. The van der Waals surface area contributed by atoms with Crippen LogP contribution >= 0.6 is 0 Å². The van der Waals surface area contributed by atoms with Crippen LogP contribution in [-0.2, 0) is 9.53 Å². The number of methoxy groups -OCH3 is 1. The Hall–Kier alpha value is -1.90. The van der Waals surface area contributed by atoms with E-state index in [4.69, 9.17) is 10.00 Å². The second kappa shape index (κ2) is 7.39. The molecule has 0 aromatic heterocycles. The summed E-state index contributed by atoms with van der Waals surface area (Å²) in [7, 11) is 1.61. The lowest BCUT2D eigenvalue weighted by molar-refractivity contribution is -0.115. The summed E-state index contributed by atoms with van der Waals surface area (Å²) in [5.41, 5.74) is 1.25. The molecule has 0 saturated heterocycles. The number of carbonyl (C=O) groups excluding carboxylic acids is 1. The molecule has 0 atom stereocenters. The highest BCUT2D eigenvalue weighted by Crippen LogP contribution is 2.08. The summed E-state index contributed by atoms with van der Waals surface area (Å²) in [6.45, 7) is 1.45. The fourth-order valence-electron chi connectivity index (χ4n) is 1.21. The van der Waals surface area contributed by atoms with Crippen LogP contribution in [0.15, 0.2) is 24.3 Å². The zero-order valence-electron chi connectivity index (χ0n) is 9.69. The SMILES string of the molecule is COCCNCC(=O)Nc1ccc(C#N)cc1. The highest BCUT2D eigenvalue weighted by molar-refractivity contribution is 5.92. The molecule has 0 saturated carbocycles. The number of hydrogen-bond donors (Lipinski definition) is 2. The van der Waals surface area contributed by atoms with Gasteiger partial charge in [-0.15, -0.1) is 0 Å². The van der Waals surface area contributed by atoms with Crippen molar-refractivity contribution >= 4 is 11.6 Å². The van der Waals surface area contributed by atoms with Gasteiger partial charge in [0, 0.05) is 19.3 Å². The summed E-state index contributed by atoms with van der Waals surface area (Å²) in [4.78, 5) is 11.5. The van der Waals surface area contributed by atoms with E-state index in [1.807, 2.05) is 6.07 Å². The molecule has 0 heterocycles. The van der Waals surface area contributed by atoms with Crippen LogP contribution in [0.2, 0.25) is 0 Å². The number of nitrogens with zero attached hydrogens (tertiary/aromatic N) is 1. The lowest BCUT2D eigenvalue weighted by Gasteiger charge is -2.06. The fraction of sp³-hybridized carbons (Fsp3) is 0.333. The Morgan fingerprint density at radius 2 is 2.12 bits per heavy atom. The monoisotopic (exact) mass is 233 g/mol. The van der Waals surface area contributed by atoms with Crippen molar-refractivity contribution in [3.05, 3.63) is 29.8 Å². The Morgan fingerprint density at radius 3 is 2.71 bits per heavy atom. The lowest BCUT2D eigenvalue weighted by Crippen LogP contribution is -2.30. The van der Waals surface area contributed by atoms with Crippen molar-refractivity contribution < 1.29 is 9.53 Å². The first kappa shape index (κ1) is 13.2.